The van der Waals surface area contributed by atoms with E-state index in [0.29, 0.717) is 11.2 Å². The van der Waals surface area contributed by atoms with Crippen LogP contribution in [0.1, 0.15) is 6.04 Å². The highest BCUT2D eigenvalue weighted by Gasteiger charge is 2.50. The molecule has 3 rings (SSSR count). The van der Waals surface area contributed by atoms with E-state index in [1.807, 2.05) is 0 Å². The maximum atomic E-state index is 10.1. The Morgan fingerprint density at radius 1 is 1.16 bits per heavy atom. The minimum absolute atomic E-state index is 0.118. The van der Waals surface area contributed by atoms with E-state index < -0.39 is 6.10 Å². The van der Waals surface area contributed by atoms with Crippen molar-refractivity contribution in [3.8, 4) is 0 Å². The van der Waals surface area contributed by atoms with Crippen LogP contribution in [-0.4, -0.2) is 54.2 Å². The molecule has 0 aromatic carbocycles. The Hall–Kier alpha value is -1.77. The third-order valence-electron chi connectivity index (χ3n) is 3.91. The van der Waals surface area contributed by atoms with Crippen LogP contribution in [0.2, 0.25) is 0 Å². The smallest absolute Gasteiger partial charge is 0.165 e. The summed E-state index contributed by atoms with van der Waals surface area (Å²) in [4.78, 5) is 12.1. The minimum Gasteiger partial charge on any atom is -0.396 e. The molecule has 8 nitrogen and oxygen atoms in total. The minimum atomic E-state index is -0.740. The average molecular weight is 265 g/mol. The van der Waals surface area contributed by atoms with Crippen molar-refractivity contribution in [2.24, 2.45) is 11.8 Å². The average Bonchev–Trinajstić information content (AvgIpc) is 2.81. The van der Waals surface area contributed by atoms with E-state index in [1.54, 1.807) is 4.57 Å². The zero-order chi connectivity index (χ0) is 13.6. The summed E-state index contributed by atoms with van der Waals surface area (Å²) in [5, 5.41) is 28.7. The third kappa shape index (κ3) is 1.61. The normalized spacial score (nSPS) is 30.5. The lowest BCUT2D eigenvalue weighted by Gasteiger charge is -2.48. The fourth-order valence-electron chi connectivity index (χ4n) is 2.81. The van der Waals surface area contributed by atoms with Crippen molar-refractivity contribution in [3.05, 3.63) is 12.7 Å². The van der Waals surface area contributed by atoms with Gasteiger partial charge in [-0.1, -0.05) is 0 Å². The van der Waals surface area contributed by atoms with Gasteiger partial charge >= 0.3 is 0 Å². The predicted molar refractivity (Wildman–Crippen MR) is 65.9 cm³/mol. The summed E-state index contributed by atoms with van der Waals surface area (Å²) in [5.41, 5.74) is 6.70. The topological polar surface area (TPSA) is 130 Å². The number of anilines is 1. The molecule has 4 atom stereocenters. The molecule has 1 saturated carbocycles. The molecular formula is C11H15N5O3. The summed E-state index contributed by atoms with van der Waals surface area (Å²) >= 11 is 0. The predicted octanol–water partition coefficient (Wildman–Crippen LogP) is -1.46. The first kappa shape index (κ1) is 12.3. The van der Waals surface area contributed by atoms with E-state index in [-0.39, 0.29) is 36.9 Å². The zero-order valence-corrected chi connectivity index (χ0v) is 10.1. The van der Waals surface area contributed by atoms with Gasteiger partial charge in [0.1, 0.15) is 11.8 Å². The fourth-order valence-corrected chi connectivity index (χ4v) is 2.81. The lowest BCUT2D eigenvalue weighted by Crippen LogP contribution is -2.55. The van der Waals surface area contributed by atoms with Crippen LogP contribution in [-0.2, 0) is 0 Å². The van der Waals surface area contributed by atoms with E-state index in [9.17, 15) is 15.3 Å². The molecule has 0 unspecified atom stereocenters. The summed E-state index contributed by atoms with van der Waals surface area (Å²) in [6.45, 7) is -0.278. The van der Waals surface area contributed by atoms with Crippen LogP contribution >= 0.6 is 0 Å². The second-order valence-corrected chi connectivity index (χ2v) is 4.76. The molecule has 8 heteroatoms. The van der Waals surface area contributed by atoms with E-state index in [1.165, 1.54) is 12.7 Å². The number of aliphatic hydroxyl groups is 3. The quantitative estimate of drug-likeness (QED) is 0.533. The zero-order valence-electron chi connectivity index (χ0n) is 10.1. The van der Waals surface area contributed by atoms with Crippen LogP contribution in [0, 0.1) is 11.8 Å². The number of rotatable bonds is 3. The highest BCUT2D eigenvalue weighted by molar-refractivity contribution is 5.81. The van der Waals surface area contributed by atoms with Crippen molar-refractivity contribution in [3.63, 3.8) is 0 Å². The Balaban J connectivity index is 2.03. The SMILES string of the molecule is Nc1ncnc2c1ncn2[C@@H]1[C@H](O)[C@H](CO)[C@H]1CO. The van der Waals surface area contributed by atoms with E-state index in [0.717, 1.165) is 0 Å². The molecule has 19 heavy (non-hydrogen) atoms. The number of nitrogens with two attached hydrogens (primary N) is 1. The summed E-state index contributed by atoms with van der Waals surface area (Å²) < 4.78 is 1.69. The number of nitrogen functional groups attached to an aromatic ring is 1. The lowest BCUT2D eigenvalue weighted by atomic mass is 9.67. The Bertz CT molecular complexity index is 601. The maximum absolute atomic E-state index is 10.1. The Labute approximate surface area is 108 Å². The summed E-state index contributed by atoms with van der Waals surface area (Å²) in [6, 6.07) is -0.360. The Morgan fingerprint density at radius 2 is 1.89 bits per heavy atom. The number of hydrogen-bond acceptors (Lipinski definition) is 7. The number of imidazole rings is 1. The highest BCUT2D eigenvalue weighted by atomic mass is 16.3. The number of hydrogen-bond donors (Lipinski definition) is 4. The molecule has 1 aliphatic carbocycles. The molecule has 102 valence electrons. The first-order chi connectivity index (χ1) is 9.19. The molecule has 0 spiro atoms. The molecule has 0 radical (unpaired) electrons. The lowest BCUT2D eigenvalue weighted by molar-refractivity contribution is -0.126. The molecule has 1 fully saturated rings. The molecule has 2 aromatic heterocycles. The van der Waals surface area contributed by atoms with Crippen LogP contribution in [0.15, 0.2) is 12.7 Å². The second kappa shape index (κ2) is 4.41. The summed E-state index contributed by atoms with van der Waals surface area (Å²) in [6.07, 6.45) is 2.12. The van der Waals surface area contributed by atoms with Crippen LogP contribution in [0.4, 0.5) is 5.82 Å². The van der Waals surface area contributed by atoms with Gasteiger partial charge in [-0.2, -0.15) is 0 Å². The molecule has 0 aliphatic heterocycles. The molecule has 0 saturated heterocycles. The van der Waals surface area contributed by atoms with Gasteiger partial charge in [-0.25, -0.2) is 15.0 Å². The van der Waals surface area contributed by atoms with Gasteiger partial charge in [0, 0.05) is 25.0 Å². The molecule has 0 bridgehead atoms. The van der Waals surface area contributed by atoms with Crippen LogP contribution in [0.25, 0.3) is 11.2 Å². The van der Waals surface area contributed by atoms with Crippen molar-refractivity contribution in [2.75, 3.05) is 18.9 Å². The monoisotopic (exact) mass is 265 g/mol. The van der Waals surface area contributed by atoms with E-state index in [4.69, 9.17) is 5.73 Å². The van der Waals surface area contributed by atoms with Gasteiger partial charge in [-0.05, 0) is 0 Å². The van der Waals surface area contributed by atoms with Crippen molar-refractivity contribution < 1.29 is 15.3 Å². The third-order valence-corrected chi connectivity index (χ3v) is 3.91. The van der Waals surface area contributed by atoms with Gasteiger partial charge in [0.15, 0.2) is 11.5 Å². The molecule has 1 aliphatic rings. The largest absolute Gasteiger partial charge is 0.396 e. The maximum Gasteiger partial charge on any atom is 0.165 e. The second-order valence-electron chi connectivity index (χ2n) is 4.76. The molecule has 2 heterocycles. The van der Waals surface area contributed by atoms with Gasteiger partial charge in [0.25, 0.3) is 0 Å². The van der Waals surface area contributed by atoms with Crippen molar-refractivity contribution in [1.82, 2.24) is 19.5 Å². The van der Waals surface area contributed by atoms with Crippen LogP contribution < -0.4 is 5.73 Å². The fraction of sp³-hybridized carbons (Fsp3) is 0.545. The first-order valence-electron chi connectivity index (χ1n) is 6.01. The first-order valence-corrected chi connectivity index (χ1v) is 6.01. The summed E-state index contributed by atoms with van der Waals surface area (Å²) in [5.74, 6) is -0.281. The summed E-state index contributed by atoms with van der Waals surface area (Å²) in [7, 11) is 0. The number of aromatic nitrogens is 4. The van der Waals surface area contributed by atoms with Gasteiger partial charge < -0.3 is 25.6 Å². The number of fused-ring (bicyclic) bond motifs is 1. The van der Waals surface area contributed by atoms with Crippen molar-refractivity contribution >= 4 is 17.0 Å². The number of aliphatic hydroxyl groups excluding tert-OH is 3. The van der Waals surface area contributed by atoms with Gasteiger partial charge in [-0.3, -0.25) is 0 Å². The van der Waals surface area contributed by atoms with Crippen molar-refractivity contribution in [2.45, 2.75) is 12.1 Å². The highest BCUT2D eigenvalue weighted by Crippen LogP contribution is 2.44. The van der Waals surface area contributed by atoms with Gasteiger partial charge in [-0.15, -0.1) is 0 Å². The van der Waals surface area contributed by atoms with E-state index >= 15 is 0 Å². The van der Waals surface area contributed by atoms with Crippen LogP contribution in [0.3, 0.4) is 0 Å². The Morgan fingerprint density at radius 3 is 2.58 bits per heavy atom. The molecule has 2 aromatic rings. The van der Waals surface area contributed by atoms with Gasteiger partial charge in [0.05, 0.1) is 18.5 Å². The van der Waals surface area contributed by atoms with Gasteiger partial charge in [0.2, 0.25) is 0 Å². The van der Waals surface area contributed by atoms with Crippen LogP contribution in [0.5, 0.6) is 0 Å². The molecular weight excluding hydrogens is 250 g/mol. The standard InChI is InChI=1S/C11H15N5O3/c12-10-7-11(14-3-13-10)16(4-15-7)8-5(1-17)6(2-18)9(8)19/h3-6,8-9,17-19H,1-2H2,(H2,12,13,14)/t5-,6-,8+,9-/m1/s1. The molecule has 0 amide bonds. The molecule has 5 N–H and O–H groups in total. The Kier molecular flexibility index (Phi) is 2.85. The van der Waals surface area contributed by atoms with Crippen molar-refractivity contribution in [1.29, 1.82) is 0 Å². The number of nitrogens with zero attached hydrogens (tertiary/aromatic N) is 4. The van der Waals surface area contributed by atoms with E-state index in [2.05, 4.69) is 15.0 Å².